The van der Waals surface area contributed by atoms with Gasteiger partial charge < -0.3 is 24.6 Å². The number of phenols is 1. The number of hydrogen-bond acceptors (Lipinski definition) is 8. The van der Waals surface area contributed by atoms with Crippen molar-refractivity contribution in [3.05, 3.63) is 56.9 Å². The predicted molar refractivity (Wildman–Crippen MR) is 127 cm³/mol. The zero-order valence-corrected chi connectivity index (χ0v) is 19.5. The molecule has 0 spiro atoms. The number of aromatic nitrogens is 2. The molecule has 0 aliphatic carbocycles. The summed E-state index contributed by atoms with van der Waals surface area (Å²) in [4.78, 5) is 32.8. The van der Waals surface area contributed by atoms with Crippen molar-refractivity contribution in [1.82, 2.24) is 14.5 Å². The largest absolute Gasteiger partial charge is 0.508 e. The second-order valence-corrected chi connectivity index (χ2v) is 9.68. The number of carbonyl (C=O) groups is 1. The van der Waals surface area contributed by atoms with Crippen LogP contribution >= 0.6 is 0 Å². The van der Waals surface area contributed by atoms with Gasteiger partial charge in [0.15, 0.2) is 5.60 Å². The minimum atomic E-state index is -1.86. The Kier molecular flexibility index (Phi) is 5.00. The van der Waals surface area contributed by atoms with Gasteiger partial charge in [0.2, 0.25) is 0 Å². The Morgan fingerprint density at radius 2 is 2.09 bits per heavy atom. The molecule has 0 unspecified atom stereocenters. The van der Waals surface area contributed by atoms with Gasteiger partial charge >= 0.3 is 5.97 Å². The first-order valence-corrected chi connectivity index (χ1v) is 12.0. The number of esters is 1. The molecule has 9 nitrogen and oxygen atoms in total. The number of aromatic hydroxyl groups is 1. The Labute approximate surface area is 201 Å². The van der Waals surface area contributed by atoms with E-state index in [4.69, 9.17) is 9.72 Å². The minimum Gasteiger partial charge on any atom is -0.508 e. The van der Waals surface area contributed by atoms with Crippen LogP contribution in [-0.2, 0) is 34.8 Å². The zero-order valence-electron chi connectivity index (χ0n) is 19.5. The third-order valence-electron chi connectivity index (χ3n) is 7.85. The molecule has 3 aliphatic rings. The molecule has 1 saturated heterocycles. The number of benzene rings is 1. The quantitative estimate of drug-likeness (QED) is 0.380. The Hall–Kier alpha value is -3.27. The number of aliphatic hydroxyl groups excluding tert-OH is 1. The molecule has 6 rings (SSSR count). The molecule has 9 heteroatoms. The van der Waals surface area contributed by atoms with Crippen LogP contribution in [0.25, 0.3) is 22.3 Å². The van der Waals surface area contributed by atoms with Crippen molar-refractivity contribution < 1.29 is 24.9 Å². The lowest BCUT2D eigenvalue weighted by Gasteiger charge is -2.31. The van der Waals surface area contributed by atoms with Crippen molar-refractivity contribution in [2.24, 2.45) is 0 Å². The van der Waals surface area contributed by atoms with Gasteiger partial charge in [0.25, 0.3) is 5.56 Å². The lowest BCUT2D eigenvalue weighted by molar-refractivity contribution is -0.172. The number of fused-ring (bicyclic) bond motifs is 5. The molecular formula is C26H27N3O6. The van der Waals surface area contributed by atoms with Gasteiger partial charge in [-0.15, -0.1) is 0 Å². The van der Waals surface area contributed by atoms with Gasteiger partial charge in [0.05, 0.1) is 35.6 Å². The van der Waals surface area contributed by atoms with Crippen molar-refractivity contribution in [2.45, 2.75) is 57.5 Å². The number of nitrogens with zero attached hydrogens (tertiary/aromatic N) is 3. The van der Waals surface area contributed by atoms with Gasteiger partial charge in [-0.25, -0.2) is 9.78 Å². The first-order chi connectivity index (χ1) is 16.9. The highest BCUT2D eigenvalue weighted by molar-refractivity contribution is 5.89. The molecule has 3 N–H and O–H groups in total. The third-order valence-corrected chi connectivity index (χ3v) is 7.85. The van der Waals surface area contributed by atoms with Crippen LogP contribution < -0.4 is 5.56 Å². The summed E-state index contributed by atoms with van der Waals surface area (Å²) in [7, 11) is 0. The van der Waals surface area contributed by atoms with E-state index in [9.17, 15) is 24.9 Å². The van der Waals surface area contributed by atoms with Gasteiger partial charge in [-0.1, -0.05) is 6.92 Å². The van der Waals surface area contributed by atoms with Crippen molar-refractivity contribution in [3.63, 3.8) is 0 Å². The Balaban J connectivity index is 1.49. The lowest BCUT2D eigenvalue weighted by atomic mass is 9.86. The second-order valence-electron chi connectivity index (χ2n) is 9.68. The third kappa shape index (κ3) is 3.15. The summed E-state index contributed by atoms with van der Waals surface area (Å²) in [6.45, 7) is 3.25. The molecule has 0 radical (unpaired) electrons. The number of aliphatic hydroxyl groups is 2. The van der Waals surface area contributed by atoms with E-state index in [1.54, 1.807) is 29.7 Å². The molecule has 0 amide bonds. The van der Waals surface area contributed by atoms with E-state index in [1.165, 1.54) is 0 Å². The van der Waals surface area contributed by atoms with Crippen LogP contribution in [0.3, 0.4) is 0 Å². The normalized spacial score (nSPS) is 23.3. The van der Waals surface area contributed by atoms with E-state index in [1.807, 2.05) is 6.07 Å². The Morgan fingerprint density at radius 3 is 2.86 bits per heavy atom. The first kappa shape index (κ1) is 22.2. The second kappa shape index (κ2) is 7.87. The minimum absolute atomic E-state index is 0.0726. The number of carbonyl (C=O) groups excluding carboxylic acids is 1. The number of rotatable bonds is 4. The van der Waals surface area contributed by atoms with E-state index in [0.29, 0.717) is 30.0 Å². The molecule has 35 heavy (non-hydrogen) atoms. The molecule has 0 saturated carbocycles. The highest BCUT2D eigenvalue weighted by atomic mass is 16.6. The SMILES string of the molecule is CC[C@@]1(O)C(=O)OCc2c1cc1n(c2=O)Cc2cc3c(CN4CCC[C@H]4CO)c(O)ccc3nc2-1. The van der Waals surface area contributed by atoms with Crippen LogP contribution in [0, 0.1) is 0 Å². The summed E-state index contributed by atoms with van der Waals surface area (Å²) < 4.78 is 6.74. The van der Waals surface area contributed by atoms with E-state index in [-0.39, 0.29) is 48.1 Å². The average molecular weight is 478 g/mol. The van der Waals surface area contributed by atoms with Crippen molar-refractivity contribution in [2.75, 3.05) is 13.2 Å². The van der Waals surface area contributed by atoms with E-state index in [2.05, 4.69) is 4.90 Å². The summed E-state index contributed by atoms with van der Waals surface area (Å²) in [6.07, 6.45) is 2.02. The maximum atomic E-state index is 13.4. The molecule has 182 valence electrons. The number of hydrogen-bond donors (Lipinski definition) is 3. The Morgan fingerprint density at radius 1 is 1.26 bits per heavy atom. The maximum absolute atomic E-state index is 13.4. The highest BCUT2D eigenvalue weighted by Gasteiger charge is 2.45. The summed E-state index contributed by atoms with van der Waals surface area (Å²) >= 11 is 0. The highest BCUT2D eigenvalue weighted by Crippen LogP contribution is 2.40. The number of pyridine rings is 2. The standard InChI is InChI=1S/C26H27N3O6/c1-2-26(34)19-9-21-23-14(10-29(21)24(32)18(19)13-35-25(26)33)8-16-17(22(31)6-5-20(16)27-23)11-28-7-3-4-15(28)12-30/h5-6,8-9,15,30-31,34H,2-4,7,10-13H2,1H3/t15-,26-/m0/s1. The fourth-order valence-electron chi connectivity index (χ4n) is 5.78. The summed E-state index contributed by atoms with van der Waals surface area (Å²) in [5.41, 5.74) is 1.86. The van der Waals surface area contributed by atoms with Crippen LogP contribution in [0.4, 0.5) is 0 Å². The summed E-state index contributed by atoms with van der Waals surface area (Å²) in [5.74, 6) is -0.570. The van der Waals surface area contributed by atoms with Crippen molar-refractivity contribution in [1.29, 1.82) is 0 Å². The van der Waals surface area contributed by atoms with Crippen LogP contribution in [-0.4, -0.2) is 54.9 Å². The van der Waals surface area contributed by atoms with Gasteiger partial charge in [-0.05, 0) is 50.1 Å². The molecule has 5 heterocycles. The van der Waals surface area contributed by atoms with E-state index in [0.717, 1.165) is 35.9 Å². The van der Waals surface area contributed by atoms with Crippen molar-refractivity contribution >= 4 is 16.9 Å². The molecule has 2 aromatic heterocycles. The van der Waals surface area contributed by atoms with Crippen LogP contribution in [0.1, 0.15) is 48.4 Å². The Bertz CT molecular complexity index is 1450. The topological polar surface area (TPSA) is 125 Å². The summed E-state index contributed by atoms with van der Waals surface area (Å²) in [5, 5.41) is 32.3. The van der Waals surface area contributed by atoms with Crippen LogP contribution in [0.2, 0.25) is 0 Å². The van der Waals surface area contributed by atoms with Gasteiger partial charge in [0.1, 0.15) is 12.4 Å². The van der Waals surface area contributed by atoms with Gasteiger partial charge in [0, 0.05) is 34.7 Å². The molecule has 3 aromatic rings. The maximum Gasteiger partial charge on any atom is 0.343 e. The fraction of sp³-hybridized carbons (Fsp3) is 0.423. The molecule has 1 fully saturated rings. The molecule has 3 aliphatic heterocycles. The molecule has 2 atom stereocenters. The number of ether oxygens (including phenoxy) is 1. The number of cyclic esters (lactones) is 1. The number of likely N-dealkylation sites (tertiary alicyclic amines) is 1. The monoisotopic (exact) mass is 477 g/mol. The zero-order chi connectivity index (χ0) is 24.5. The molecule has 0 bridgehead atoms. The lowest BCUT2D eigenvalue weighted by Crippen LogP contribution is -2.44. The van der Waals surface area contributed by atoms with Crippen LogP contribution in [0.15, 0.2) is 29.1 Å². The molecular weight excluding hydrogens is 450 g/mol. The van der Waals surface area contributed by atoms with Gasteiger partial charge in [-0.2, -0.15) is 0 Å². The fourth-order valence-corrected chi connectivity index (χ4v) is 5.78. The smallest absolute Gasteiger partial charge is 0.343 e. The van der Waals surface area contributed by atoms with Crippen LogP contribution in [0.5, 0.6) is 5.75 Å². The molecule has 1 aromatic carbocycles. The summed E-state index contributed by atoms with van der Waals surface area (Å²) in [6, 6.07) is 7.12. The van der Waals surface area contributed by atoms with Gasteiger partial charge in [-0.3, -0.25) is 9.69 Å². The predicted octanol–water partition coefficient (Wildman–Crippen LogP) is 1.74. The van der Waals surface area contributed by atoms with E-state index >= 15 is 0 Å². The average Bonchev–Trinajstić information content (AvgIpc) is 3.46. The number of phenolic OH excluding ortho intramolecular Hbond substituents is 1. The van der Waals surface area contributed by atoms with Crippen molar-refractivity contribution in [3.8, 4) is 17.1 Å². The van der Waals surface area contributed by atoms with E-state index < -0.39 is 11.6 Å². The first-order valence-electron chi connectivity index (χ1n) is 12.0.